The second kappa shape index (κ2) is 7.49. The monoisotopic (exact) mass is 368 g/mol. The van der Waals surface area contributed by atoms with E-state index in [4.69, 9.17) is 4.74 Å². The molecule has 0 aliphatic carbocycles. The summed E-state index contributed by atoms with van der Waals surface area (Å²) in [4.78, 5) is 2.46. The molecule has 1 aromatic rings. The summed E-state index contributed by atoms with van der Waals surface area (Å²) >= 11 is 0. The molecule has 0 amide bonds. The van der Waals surface area contributed by atoms with Gasteiger partial charge in [-0.3, -0.25) is 0 Å². The third-order valence-electron chi connectivity index (χ3n) is 4.55. The van der Waals surface area contributed by atoms with E-state index in [-0.39, 0.29) is 10.9 Å². The Morgan fingerprint density at radius 1 is 1.28 bits per heavy atom. The molecule has 0 saturated carbocycles. The van der Waals surface area contributed by atoms with Gasteiger partial charge in [-0.25, -0.2) is 18.1 Å². The van der Waals surface area contributed by atoms with Crippen molar-refractivity contribution >= 4 is 15.7 Å². The first-order chi connectivity index (χ1) is 11.8. The minimum atomic E-state index is -3.64. The Kier molecular flexibility index (Phi) is 5.52. The average Bonchev–Trinajstić information content (AvgIpc) is 2.66. The zero-order chi connectivity index (χ0) is 18.0. The standard InChI is InChI=1S/C17H28N4O3S/c1-13(2)11-14-12-24-16-6-4-5-15(17(16)25(22,23)19-14)18-21-9-7-20(3)8-10-21/h4-6,13-14,18-19H,7-12H2,1-3H3/t14-/m1/s1. The van der Waals surface area contributed by atoms with Crippen molar-refractivity contribution in [3.05, 3.63) is 18.2 Å². The first kappa shape index (κ1) is 18.4. The molecule has 0 unspecified atom stereocenters. The Hall–Kier alpha value is -1.35. The van der Waals surface area contributed by atoms with Gasteiger partial charge in [0.05, 0.1) is 11.7 Å². The molecule has 7 nitrogen and oxygen atoms in total. The second-order valence-electron chi connectivity index (χ2n) is 7.29. The van der Waals surface area contributed by atoms with Crippen molar-refractivity contribution < 1.29 is 13.2 Å². The lowest BCUT2D eigenvalue weighted by Gasteiger charge is -2.33. The number of anilines is 1. The van der Waals surface area contributed by atoms with Crippen molar-refractivity contribution in [1.29, 1.82) is 0 Å². The Morgan fingerprint density at radius 3 is 2.68 bits per heavy atom. The Bertz CT molecular complexity index is 700. The van der Waals surface area contributed by atoms with Crippen LogP contribution in [0.1, 0.15) is 20.3 Å². The van der Waals surface area contributed by atoms with Gasteiger partial charge in [0, 0.05) is 26.2 Å². The topological polar surface area (TPSA) is 73.9 Å². The van der Waals surface area contributed by atoms with E-state index in [1.54, 1.807) is 12.1 Å². The highest BCUT2D eigenvalue weighted by Crippen LogP contribution is 2.34. The number of likely N-dealkylation sites (N-methyl/N-ethyl adjacent to an activating group) is 1. The van der Waals surface area contributed by atoms with Crippen molar-refractivity contribution in [2.24, 2.45) is 5.92 Å². The number of piperazine rings is 1. The molecule has 1 atom stereocenters. The number of fused-ring (bicyclic) bond motifs is 1. The van der Waals surface area contributed by atoms with Gasteiger partial charge in [-0.05, 0) is 31.5 Å². The molecule has 2 aliphatic rings. The maximum Gasteiger partial charge on any atom is 0.246 e. The molecular weight excluding hydrogens is 340 g/mol. The fourth-order valence-electron chi connectivity index (χ4n) is 3.27. The fourth-order valence-corrected chi connectivity index (χ4v) is 4.79. The van der Waals surface area contributed by atoms with Gasteiger partial charge in [0.2, 0.25) is 10.0 Å². The predicted octanol–water partition coefficient (Wildman–Crippen LogP) is 1.35. The van der Waals surface area contributed by atoms with Crippen LogP contribution in [0, 0.1) is 5.92 Å². The number of rotatable bonds is 4. The summed E-state index contributed by atoms with van der Waals surface area (Å²) in [7, 11) is -1.55. The van der Waals surface area contributed by atoms with Crippen LogP contribution >= 0.6 is 0 Å². The van der Waals surface area contributed by atoms with Crippen molar-refractivity contribution in [2.45, 2.75) is 31.2 Å². The lowest BCUT2D eigenvalue weighted by atomic mass is 10.1. The highest BCUT2D eigenvalue weighted by Gasteiger charge is 2.31. The molecule has 0 bridgehead atoms. The number of hydrogen-bond acceptors (Lipinski definition) is 6. The molecule has 25 heavy (non-hydrogen) atoms. The number of sulfonamides is 1. The normalized spacial score (nSPS) is 24.4. The minimum Gasteiger partial charge on any atom is -0.490 e. The summed E-state index contributed by atoms with van der Waals surface area (Å²) in [5, 5.41) is 2.06. The first-order valence-electron chi connectivity index (χ1n) is 8.83. The van der Waals surface area contributed by atoms with E-state index in [1.165, 1.54) is 0 Å². The van der Waals surface area contributed by atoms with Crippen LogP contribution in [-0.4, -0.2) is 64.2 Å². The van der Waals surface area contributed by atoms with Crippen LogP contribution in [0.25, 0.3) is 0 Å². The quantitative estimate of drug-likeness (QED) is 0.836. The summed E-state index contributed by atoms with van der Waals surface area (Å²) in [6.07, 6.45) is 0.744. The van der Waals surface area contributed by atoms with E-state index in [1.807, 2.05) is 6.07 Å². The molecule has 1 saturated heterocycles. The number of nitrogens with one attached hydrogen (secondary N) is 2. The third kappa shape index (κ3) is 4.44. The molecule has 1 aromatic carbocycles. The van der Waals surface area contributed by atoms with Crippen molar-refractivity contribution in [1.82, 2.24) is 14.6 Å². The van der Waals surface area contributed by atoms with Gasteiger partial charge in [-0.2, -0.15) is 0 Å². The van der Waals surface area contributed by atoms with Crippen molar-refractivity contribution in [3.8, 4) is 5.75 Å². The zero-order valence-corrected chi connectivity index (χ0v) is 16.0. The van der Waals surface area contributed by atoms with Crippen molar-refractivity contribution in [2.75, 3.05) is 45.3 Å². The highest BCUT2D eigenvalue weighted by atomic mass is 32.2. The lowest BCUT2D eigenvalue weighted by molar-refractivity contribution is 0.178. The van der Waals surface area contributed by atoms with Gasteiger partial charge < -0.3 is 15.1 Å². The van der Waals surface area contributed by atoms with Gasteiger partial charge in [0.15, 0.2) is 0 Å². The van der Waals surface area contributed by atoms with Crippen LogP contribution in [0.4, 0.5) is 5.69 Å². The van der Waals surface area contributed by atoms with E-state index >= 15 is 0 Å². The summed E-state index contributed by atoms with van der Waals surface area (Å²) in [6.45, 7) is 8.07. The average molecular weight is 369 g/mol. The van der Waals surface area contributed by atoms with Gasteiger partial charge in [0.25, 0.3) is 0 Å². The van der Waals surface area contributed by atoms with Gasteiger partial charge in [0.1, 0.15) is 17.3 Å². The number of hydrazine groups is 1. The molecular formula is C17H28N4O3S. The van der Waals surface area contributed by atoms with E-state index in [0.717, 1.165) is 32.6 Å². The van der Waals surface area contributed by atoms with Crippen LogP contribution in [0.3, 0.4) is 0 Å². The number of ether oxygens (including phenoxy) is 1. The van der Waals surface area contributed by atoms with E-state index in [2.05, 4.69) is 41.0 Å². The van der Waals surface area contributed by atoms with Crippen LogP contribution in [0.15, 0.2) is 23.1 Å². The van der Waals surface area contributed by atoms with Crippen molar-refractivity contribution in [3.63, 3.8) is 0 Å². The molecule has 0 radical (unpaired) electrons. The van der Waals surface area contributed by atoms with E-state index < -0.39 is 10.0 Å². The number of benzene rings is 1. The number of nitrogens with zero attached hydrogens (tertiary/aromatic N) is 2. The summed E-state index contributed by atoms with van der Waals surface area (Å²) in [5.74, 6) is 0.804. The smallest absolute Gasteiger partial charge is 0.246 e. The maximum atomic E-state index is 12.9. The first-order valence-corrected chi connectivity index (χ1v) is 10.3. The SMILES string of the molecule is CC(C)C[C@@H]1COc2cccc(NN3CCN(C)CC3)c2S(=O)(=O)N1. The molecule has 1 fully saturated rings. The summed E-state index contributed by atoms with van der Waals surface area (Å²) in [5.41, 5.74) is 3.85. The Morgan fingerprint density at radius 2 is 2.00 bits per heavy atom. The van der Waals surface area contributed by atoms with Gasteiger partial charge in [-0.1, -0.05) is 19.9 Å². The molecule has 2 aliphatic heterocycles. The van der Waals surface area contributed by atoms with Crippen LogP contribution in [0.2, 0.25) is 0 Å². The second-order valence-corrected chi connectivity index (χ2v) is 8.94. The molecule has 2 N–H and O–H groups in total. The van der Waals surface area contributed by atoms with Crippen LogP contribution in [-0.2, 0) is 10.0 Å². The number of hydrogen-bond donors (Lipinski definition) is 2. The zero-order valence-electron chi connectivity index (χ0n) is 15.2. The van der Waals surface area contributed by atoms with Crippen LogP contribution in [0.5, 0.6) is 5.75 Å². The largest absolute Gasteiger partial charge is 0.490 e. The molecule has 0 spiro atoms. The van der Waals surface area contributed by atoms with Gasteiger partial charge in [-0.15, -0.1) is 0 Å². The molecule has 2 heterocycles. The third-order valence-corrected chi connectivity index (χ3v) is 6.15. The molecule has 0 aromatic heterocycles. The highest BCUT2D eigenvalue weighted by molar-refractivity contribution is 7.89. The minimum absolute atomic E-state index is 0.209. The van der Waals surface area contributed by atoms with E-state index in [9.17, 15) is 8.42 Å². The predicted molar refractivity (Wildman–Crippen MR) is 98.2 cm³/mol. The molecule has 140 valence electrons. The van der Waals surface area contributed by atoms with Gasteiger partial charge >= 0.3 is 0 Å². The summed E-state index contributed by atoms with van der Waals surface area (Å²) in [6, 6.07) is 5.13. The Balaban J connectivity index is 1.85. The Labute approximate surface area is 150 Å². The fraction of sp³-hybridized carbons (Fsp3) is 0.647. The van der Waals surface area contributed by atoms with E-state index in [0.29, 0.717) is 24.0 Å². The maximum absolute atomic E-state index is 12.9. The lowest BCUT2D eigenvalue weighted by Crippen LogP contribution is -2.47. The molecule has 3 rings (SSSR count). The molecule has 8 heteroatoms. The van der Waals surface area contributed by atoms with Crippen LogP contribution < -0.4 is 14.9 Å². The summed E-state index contributed by atoms with van der Waals surface area (Å²) < 4.78 is 34.5.